The molecule has 0 atom stereocenters. The average molecular weight is 364 g/mol. The van der Waals surface area contributed by atoms with Gasteiger partial charge in [0.25, 0.3) is 5.91 Å². The molecule has 0 aliphatic rings. The maximum atomic E-state index is 13.3. The molecule has 0 unspecified atom stereocenters. The summed E-state index contributed by atoms with van der Waals surface area (Å²) in [6, 6.07) is 6.41. The van der Waals surface area contributed by atoms with Crippen LogP contribution >= 0.6 is 0 Å². The Morgan fingerprint density at radius 2 is 1.85 bits per heavy atom. The maximum absolute atomic E-state index is 13.3. The van der Waals surface area contributed by atoms with E-state index in [1.54, 1.807) is 0 Å². The van der Waals surface area contributed by atoms with E-state index < -0.39 is 28.9 Å². The van der Waals surface area contributed by atoms with Crippen molar-refractivity contribution in [3.8, 4) is 0 Å². The molecule has 0 radical (unpaired) electrons. The summed E-state index contributed by atoms with van der Waals surface area (Å²) >= 11 is 0. The maximum Gasteiger partial charge on any atom is 0.416 e. The van der Waals surface area contributed by atoms with E-state index in [2.05, 4.69) is 10.3 Å². The fourth-order valence-electron chi connectivity index (χ4n) is 2.48. The Labute approximate surface area is 144 Å². The van der Waals surface area contributed by atoms with Gasteiger partial charge in [0.1, 0.15) is 11.4 Å². The number of fused-ring (bicyclic) bond motifs is 1. The van der Waals surface area contributed by atoms with Crippen molar-refractivity contribution in [1.29, 1.82) is 0 Å². The van der Waals surface area contributed by atoms with Gasteiger partial charge in [-0.3, -0.25) is 9.59 Å². The van der Waals surface area contributed by atoms with Gasteiger partial charge in [0.2, 0.25) is 5.43 Å². The summed E-state index contributed by atoms with van der Waals surface area (Å²) in [5.41, 5.74) is -1.31. The first-order valence-electron chi connectivity index (χ1n) is 7.47. The van der Waals surface area contributed by atoms with Crippen LogP contribution in [0.15, 0.2) is 47.4 Å². The van der Waals surface area contributed by atoms with Gasteiger partial charge in [0.05, 0.1) is 5.56 Å². The summed E-state index contributed by atoms with van der Waals surface area (Å²) in [4.78, 5) is 27.5. The summed E-state index contributed by atoms with van der Waals surface area (Å²) in [5, 5.41) is 2.28. The van der Waals surface area contributed by atoms with Crippen LogP contribution in [0.2, 0.25) is 0 Å². The van der Waals surface area contributed by atoms with Gasteiger partial charge in [-0.05, 0) is 42.8 Å². The second kappa shape index (κ2) is 6.29. The minimum absolute atomic E-state index is 0.0292. The predicted octanol–water partition coefficient (Wildman–Crippen LogP) is 4.25. The molecule has 0 saturated heterocycles. The molecule has 0 bridgehead atoms. The molecular formula is C18H12F4N2O2. The molecule has 3 aromatic rings. The largest absolute Gasteiger partial charge is 0.416 e. The van der Waals surface area contributed by atoms with E-state index >= 15 is 0 Å². The second-order valence-corrected chi connectivity index (χ2v) is 5.70. The van der Waals surface area contributed by atoms with Crippen molar-refractivity contribution in [2.45, 2.75) is 13.1 Å². The molecule has 2 aromatic carbocycles. The van der Waals surface area contributed by atoms with Gasteiger partial charge in [0.15, 0.2) is 0 Å². The Balaban J connectivity index is 2.00. The van der Waals surface area contributed by atoms with Crippen LogP contribution in [0.1, 0.15) is 21.5 Å². The molecule has 8 heteroatoms. The van der Waals surface area contributed by atoms with Crippen molar-refractivity contribution in [3.05, 3.63) is 75.3 Å². The van der Waals surface area contributed by atoms with E-state index in [0.29, 0.717) is 11.1 Å². The number of aromatic amines is 1. The fourth-order valence-corrected chi connectivity index (χ4v) is 2.48. The van der Waals surface area contributed by atoms with Gasteiger partial charge in [-0.1, -0.05) is 6.07 Å². The lowest BCUT2D eigenvalue weighted by Crippen LogP contribution is -2.22. The predicted molar refractivity (Wildman–Crippen MR) is 88.7 cm³/mol. The van der Waals surface area contributed by atoms with Crippen LogP contribution in [0.25, 0.3) is 10.9 Å². The second-order valence-electron chi connectivity index (χ2n) is 5.70. The number of carbonyl (C=O) groups is 1. The zero-order valence-corrected chi connectivity index (χ0v) is 13.4. The summed E-state index contributed by atoms with van der Waals surface area (Å²) in [6.07, 6.45) is -3.42. The van der Waals surface area contributed by atoms with Crippen molar-refractivity contribution in [1.82, 2.24) is 4.98 Å². The van der Waals surface area contributed by atoms with Crippen LogP contribution in [0.3, 0.4) is 0 Å². The highest BCUT2D eigenvalue weighted by Gasteiger charge is 2.31. The molecule has 0 fully saturated rings. The highest BCUT2D eigenvalue weighted by Crippen LogP contribution is 2.32. The monoisotopic (exact) mass is 364 g/mol. The third-order valence-electron chi connectivity index (χ3n) is 3.90. The van der Waals surface area contributed by atoms with E-state index in [0.717, 1.165) is 30.5 Å². The number of rotatable bonds is 2. The van der Waals surface area contributed by atoms with E-state index in [1.165, 1.54) is 19.1 Å². The van der Waals surface area contributed by atoms with Crippen LogP contribution in [-0.2, 0) is 6.18 Å². The molecule has 3 rings (SSSR count). The average Bonchev–Trinajstić information content (AvgIpc) is 2.56. The normalized spacial score (nSPS) is 11.6. The van der Waals surface area contributed by atoms with Crippen LogP contribution in [-0.4, -0.2) is 10.9 Å². The molecular weight excluding hydrogens is 352 g/mol. The van der Waals surface area contributed by atoms with Gasteiger partial charge >= 0.3 is 6.18 Å². The standard InChI is InChI=1S/C18H12F4N2O2/c1-9-2-3-10(18(20,21)22)6-15(9)24-17(26)13-8-23-14-5-4-11(19)7-12(14)16(13)25/h2-8H,1H3,(H,23,25)(H,24,26). The third-order valence-corrected chi connectivity index (χ3v) is 3.90. The number of alkyl halides is 3. The molecule has 4 nitrogen and oxygen atoms in total. The number of carbonyl (C=O) groups excluding carboxylic acids is 1. The minimum atomic E-state index is -4.56. The fraction of sp³-hybridized carbons (Fsp3) is 0.111. The first kappa shape index (κ1) is 17.7. The Bertz CT molecular complexity index is 1070. The SMILES string of the molecule is Cc1ccc(C(F)(F)F)cc1NC(=O)c1c[nH]c2ccc(F)cc2c1=O. The number of aromatic nitrogens is 1. The van der Waals surface area contributed by atoms with E-state index in [4.69, 9.17) is 0 Å². The van der Waals surface area contributed by atoms with Crippen molar-refractivity contribution >= 4 is 22.5 Å². The van der Waals surface area contributed by atoms with Crippen LogP contribution < -0.4 is 10.7 Å². The summed E-state index contributed by atoms with van der Waals surface area (Å²) < 4.78 is 51.8. The van der Waals surface area contributed by atoms with E-state index in [1.807, 2.05) is 0 Å². The number of nitrogens with one attached hydrogen (secondary N) is 2. The summed E-state index contributed by atoms with van der Waals surface area (Å²) in [5.74, 6) is -1.53. The van der Waals surface area contributed by atoms with Gasteiger partial charge < -0.3 is 10.3 Å². The van der Waals surface area contributed by atoms with Crippen LogP contribution in [0, 0.1) is 12.7 Å². The van der Waals surface area contributed by atoms with Crippen molar-refractivity contribution < 1.29 is 22.4 Å². The number of anilines is 1. The van der Waals surface area contributed by atoms with E-state index in [-0.39, 0.29) is 16.6 Å². The third kappa shape index (κ3) is 3.30. The zero-order valence-electron chi connectivity index (χ0n) is 13.4. The molecule has 0 aliphatic heterocycles. The summed E-state index contributed by atoms with van der Waals surface area (Å²) in [6.45, 7) is 1.52. The number of hydrogen-bond acceptors (Lipinski definition) is 2. The number of aryl methyl sites for hydroxylation is 1. The Morgan fingerprint density at radius 3 is 2.54 bits per heavy atom. The number of H-pyrrole nitrogens is 1. The highest BCUT2D eigenvalue weighted by molar-refractivity contribution is 6.06. The Hall–Kier alpha value is -3.16. The Kier molecular flexibility index (Phi) is 4.27. The van der Waals surface area contributed by atoms with Gasteiger partial charge in [-0.25, -0.2) is 4.39 Å². The molecule has 1 heterocycles. The topological polar surface area (TPSA) is 62.0 Å². The lowest BCUT2D eigenvalue weighted by atomic mass is 10.1. The number of hydrogen-bond donors (Lipinski definition) is 2. The Morgan fingerprint density at radius 1 is 1.12 bits per heavy atom. The van der Waals surface area contributed by atoms with Gasteiger partial charge in [-0.2, -0.15) is 13.2 Å². The van der Waals surface area contributed by atoms with Crippen LogP contribution in [0.5, 0.6) is 0 Å². The lowest BCUT2D eigenvalue weighted by Gasteiger charge is -2.12. The van der Waals surface area contributed by atoms with Gasteiger partial charge in [-0.15, -0.1) is 0 Å². The molecule has 0 aliphatic carbocycles. The molecule has 0 spiro atoms. The molecule has 134 valence electrons. The molecule has 26 heavy (non-hydrogen) atoms. The highest BCUT2D eigenvalue weighted by atomic mass is 19.4. The molecule has 1 amide bonds. The van der Waals surface area contributed by atoms with E-state index in [9.17, 15) is 27.2 Å². The summed E-state index contributed by atoms with van der Waals surface area (Å²) in [7, 11) is 0. The first-order valence-corrected chi connectivity index (χ1v) is 7.47. The number of pyridine rings is 1. The van der Waals surface area contributed by atoms with Gasteiger partial charge in [0, 0.05) is 22.8 Å². The number of halogens is 4. The van der Waals surface area contributed by atoms with Crippen molar-refractivity contribution in [2.24, 2.45) is 0 Å². The molecule has 1 aromatic heterocycles. The number of amides is 1. The van der Waals surface area contributed by atoms with Crippen molar-refractivity contribution in [2.75, 3.05) is 5.32 Å². The molecule has 2 N–H and O–H groups in total. The smallest absolute Gasteiger partial charge is 0.360 e. The lowest BCUT2D eigenvalue weighted by molar-refractivity contribution is -0.137. The zero-order chi connectivity index (χ0) is 19.1. The number of benzene rings is 2. The minimum Gasteiger partial charge on any atom is -0.360 e. The molecule has 0 saturated carbocycles. The first-order chi connectivity index (χ1) is 12.2. The quantitative estimate of drug-likeness (QED) is 0.668. The van der Waals surface area contributed by atoms with Crippen LogP contribution in [0.4, 0.5) is 23.2 Å². The van der Waals surface area contributed by atoms with Crippen molar-refractivity contribution in [3.63, 3.8) is 0 Å².